The molecular weight excluding hydrogens is 317 g/mol. The number of pyridine rings is 1. The van der Waals surface area contributed by atoms with Crippen molar-refractivity contribution in [1.82, 2.24) is 4.98 Å². The predicted molar refractivity (Wildman–Crippen MR) is 80.0 cm³/mol. The van der Waals surface area contributed by atoms with Crippen LogP contribution in [0, 0.1) is 10.1 Å². The van der Waals surface area contributed by atoms with Crippen LogP contribution in [-0.4, -0.2) is 9.91 Å². The lowest BCUT2D eigenvalue weighted by molar-refractivity contribution is -0.384. The number of nitro benzene ring substituents is 1. The molecule has 21 heavy (non-hydrogen) atoms. The highest BCUT2D eigenvalue weighted by Crippen LogP contribution is 2.38. The number of benzene rings is 1. The van der Waals surface area contributed by atoms with Crippen LogP contribution in [-0.2, 0) is 0 Å². The molecule has 0 fully saturated rings. The summed E-state index contributed by atoms with van der Waals surface area (Å²) in [7, 11) is 0. The molecule has 8 heteroatoms. The van der Waals surface area contributed by atoms with Crippen molar-refractivity contribution >= 4 is 28.9 Å². The van der Waals surface area contributed by atoms with E-state index in [9.17, 15) is 10.1 Å². The molecule has 0 bridgehead atoms. The Bertz CT molecular complexity index is 652. The Balaban J connectivity index is 2.29. The fraction of sp³-hybridized carbons (Fsp3) is 0.154. The maximum atomic E-state index is 10.7. The molecule has 0 saturated heterocycles. The third-order valence-corrected chi connectivity index (χ3v) is 3.25. The molecule has 0 aliphatic heterocycles. The van der Waals surface area contributed by atoms with Gasteiger partial charge >= 0.3 is 0 Å². The van der Waals surface area contributed by atoms with E-state index < -0.39 is 4.92 Å². The first-order valence-electron chi connectivity index (χ1n) is 5.91. The smallest absolute Gasteiger partial charge is 0.272 e. The van der Waals surface area contributed by atoms with E-state index in [4.69, 9.17) is 33.7 Å². The molecule has 1 aromatic carbocycles. The number of nitrogens with zero attached hydrogens (tertiary/aromatic N) is 2. The number of aromatic nitrogens is 1. The highest BCUT2D eigenvalue weighted by Gasteiger charge is 2.16. The molecule has 1 atom stereocenters. The van der Waals surface area contributed by atoms with Gasteiger partial charge < -0.3 is 10.5 Å². The zero-order chi connectivity index (χ0) is 15.6. The van der Waals surface area contributed by atoms with Gasteiger partial charge in [0.2, 0.25) is 5.88 Å². The van der Waals surface area contributed by atoms with Gasteiger partial charge in [0.25, 0.3) is 5.69 Å². The van der Waals surface area contributed by atoms with E-state index in [2.05, 4.69) is 4.98 Å². The summed E-state index contributed by atoms with van der Waals surface area (Å²) in [6.07, 6.45) is 1.58. The molecule has 0 unspecified atom stereocenters. The second kappa shape index (κ2) is 6.26. The minimum absolute atomic E-state index is 0.0345. The van der Waals surface area contributed by atoms with Gasteiger partial charge in [0, 0.05) is 30.4 Å². The number of nitrogens with two attached hydrogens (primary N) is 1. The van der Waals surface area contributed by atoms with Gasteiger partial charge in [-0.15, -0.1) is 0 Å². The Morgan fingerprint density at radius 1 is 1.33 bits per heavy atom. The van der Waals surface area contributed by atoms with E-state index in [0.29, 0.717) is 0 Å². The first kappa shape index (κ1) is 15.5. The van der Waals surface area contributed by atoms with Gasteiger partial charge in [-0.1, -0.05) is 29.3 Å². The van der Waals surface area contributed by atoms with Crippen LogP contribution in [0.3, 0.4) is 0 Å². The number of hydrogen-bond acceptors (Lipinski definition) is 5. The van der Waals surface area contributed by atoms with Gasteiger partial charge in [0.15, 0.2) is 5.75 Å². The average molecular weight is 328 g/mol. The fourth-order valence-corrected chi connectivity index (χ4v) is 2.13. The van der Waals surface area contributed by atoms with Crippen LogP contribution in [0.1, 0.15) is 18.5 Å². The minimum Gasteiger partial charge on any atom is -0.436 e. The summed E-state index contributed by atoms with van der Waals surface area (Å²) in [5.41, 5.74) is 6.36. The Hall–Kier alpha value is -1.89. The third kappa shape index (κ3) is 3.60. The van der Waals surface area contributed by atoms with Crippen LogP contribution in [0.15, 0.2) is 30.5 Å². The lowest BCUT2D eigenvalue weighted by Gasteiger charge is -2.10. The molecule has 0 amide bonds. The van der Waals surface area contributed by atoms with E-state index in [1.165, 1.54) is 12.1 Å². The number of nitro groups is 1. The summed E-state index contributed by atoms with van der Waals surface area (Å²) in [6.45, 7) is 1.83. The van der Waals surface area contributed by atoms with E-state index in [1.807, 2.05) is 6.92 Å². The monoisotopic (exact) mass is 327 g/mol. The van der Waals surface area contributed by atoms with Crippen molar-refractivity contribution in [2.75, 3.05) is 0 Å². The predicted octanol–water partition coefficient (Wildman–Crippen LogP) is 4.11. The van der Waals surface area contributed by atoms with Crippen molar-refractivity contribution in [3.63, 3.8) is 0 Å². The van der Waals surface area contributed by atoms with Crippen molar-refractivity contribution < 1.29 is 9.66 Å². The highest BCUT2D eigenvalue weighted by molar-refractivity contribution is 6.37. The lowest BCUT2D eigenvalue weighted by Crippen LogP contribution is -2.05. The Labute approximate surface area is 130 Å². The van der Waals surface area contributed by atoms with Gasteiger partial charge in [0.05, 0.1) is 15.0 Å². The Kier molecular flexibility index (Phi) is 4.62. The summed E-state index contributed by atoms with van der Waals surface area (Å²) in [6, 6.07) is 5.57. The van der Waals surface area contributed by atoms with Crippen LogP contribution >= 0.6 is 23.2 Å². The quantitative estimate of drug-likeness (QED) is 0.673. The Morgan fingerprint density at radius 2 is 1.95 bits per heavy atom. The van der Waals surface area contributed by atoms with Crippen LogP contribution in [0.25, 0.3) is 0 Å². The lowest BCUT2D eigenvalue weighted by atomic mass is 10.2. The number of non-ortho nitro benzene ring substituents is 1. The summed E-state index contributed by atoms with van der Waals surface area (Å²) in [4.78, 5) is 14.2. The van der Waals surface area contributed by atoms with Gasteiger partial charge in [0.1, 0.15) is 0 Å². The molecule has 0 aliphatic rings. The number of halogens is 2. The van der Waals surface area contributed by atoms with Crippen molar-refractivity contribution in [2.24, 2.45) is 5.73 Å². The van der Waals surface area contributed by atoms with Gasteiger partial charge in [-0.2, -0.15) is 0 Å². The zero-order valence-corrected chi connectivity index (χ0v) is 12.4. The van der Waals surface area contributed by atoms with E-state index in [0.717, 1.165) is 5.56 Å². The molecular formula is C13H11Cl2N3O3. The first-order valence-corrected chi connectivity index (χ1v) is 6.67. The van der Waals surface area contributed by atoms with Crippen LogP contribution in [0.5, 0.6) is 11.6 Å². The fourth-order valence-electron chi connectivity index (χ4n) is 1.58. The topological polar surface area (TPSA) is 91.3 Å². The molecule has 6 nitrogen and oxygen atoms in total. The maximum absolute atomic E-state index is 10.7. The molecule has 0 aliphatic carbocycles. The summed E-state index contributed by atoms with van der Waals surface area (Å²) in [5.74, 6) is 0.377. The van der Waals surface area contributed by atoms with E-state index in [-0.39, 0.29) is 33.4 Å². The van der Waals surface area contributed by atoms with Gasteiger partial charge in [-0.25, -0.2) is 4.98 Å². The van der Waals surface area contributed by atoms with E-state index in [1.54, 1.807) is 18.3 Å². The second-order valence-corrected chi connectivity index (χ2v) is 5.13. The SMILES string of the molecule is C[C@H](N)c1ccc(Oc2c(Cl)cc([N+](=O)[O-])cc2Cl)nc1. The largest absolute Gasteiger partial charge is 0.436 e. The molecule has 2 rings (SSSR count). The number of hydrogen-bond donors (Lipinski definition) is 1. The molecule has 0 radical (unpaired) electrons. The number of rotatable bonds is 4. The highest BCUT2D eigenvalue weighted by atomic mass is 35.5. The third-order valence-electron chi connectivity index (χ3n) is 2.69. The maximum Gasteiger partial charge on any atom is 0.272 e. The summed E-state index contributed by atoms with van der Waals surface area (Å²) >= 11 is 11.9. The summed E-state index contributed by atoms with van der Waals surface area (Å²) < 4.78 is 5.47. The van der Waals surface area contributed by atoms with Crippen molar-refractivity contribution in [3.8, 4) is 11.6 Å². The van der Waals surface area contributed by atoms with Gasteiger partial charge in [-0.3, -0.25) is 10.1 Å². The van der Waals surface area contributed by atoms with E-state index >= 15 is 0 Å². The van der Waals surface area contributed by atoms with Crippen LogP contribution in [0.4, 0.5) is 5.69 Å². The van der Waals surface area contributed by atoms with Crippen molar-refractivity contribution in [2.45, 2.75) is 13.0 Å². The summed E-state index contributed by atoms with van der Waals surface area (Å²) in [5, 5.41) is 10.8. The normalized spacial score (nSPS) is 12.0. The molecule has 2 aromatic rings. The number of ether oxygens (including phenoxy) is 1. The zero-order valence-electron chi connectivity index (χ0n) is 10.9. The minimum atomic E-state index is -0.586. The molecule has 110 valence electrons. The molecule has 2 N–H and O–H groups in total. The van der Waals surface area contributed by atoms with Crippen LogP contribution < -0.4 is 10.5 Å². The van der Waals surface area contributed by atoms with Crippen molar-refractivity contribution in [3.05, 3.63) is 56.2 Å². The molecule has 0 spiro atoms. The average Bonchev–Trinajstić information content (AvgIpc) is 2.43. The molecule has 1 heterocycles. The Morgan fingerprint density at radius 3 is 2.38 bits per heavy atom. The first-order chi connectivity index (χ1) is 9.88. The second-order valence-electron chi connectivity index (χ2n) is 4.32. The molecule has 1 aromatic heterocycles. The van der Waals surface area contributed by atoms with Crippen molar-refractivity contribution in [1.29, 1.82) is 0 Å². The molecule has 0 saturated carbocycles. The van der Waals surface area contributed by atoms with Gasteiger partial charge in [-0.05, 0) is 12.5 Å². The standard InChI is InChI=1S/C13H11Cl2N3O3/c1-7(16)8-2-3-12(17-6-8)21-13-10(14)4-9(18(19)20)5-11(13)15/h2-7H,16H2,1H3/t7-/m0/s1. The van der Waals surface area contributed by atoms with Crippen LogP contribution in [0.2, 0.25) is 10.0 Å².